The van der Waals surface area contributed by atoms with E-state index in [-0.39, 0.29) is 5.69 Å². The van der Waals surface area contributed by atoms with Crippen molar-refractivity contribution in [3.63, 3.8) is 0 Å². The molecule has 2 rings (SSSR count). The van der Waals surface area contributed by atoms with E-state index in [0.29, 0.717) is 13.0 Å². The van der Waals surface area contributed by atoms with Crippen LogP contribution in [0.3, 0.4) is 0 Å². The average Bonchev–Trinajstić information content (AvgIpc) is 2.76. The molecule has 82 valence electrons. The molecule has 1 N–H and O–H groups in total. The highest BCUT2D eigenvalue weighted by atomic mass is 16.4. The van der Waals surface area contributed by atoms with E-state index in [4.69, 9.17) is 5.11 Å². The zero-order valence-electron chi connectivity index (χ0n) is 8.58. The molecule has 0 atom stereocenters. The third-order valence-corrected chi connectivity index (χ3v) is 2.24. The summed E-state index contributed by atoms with van der Waals surface area (Å²) in [7, 11) is 0. The fraction of sp³-hybridized carbons (Fsp3) is 0.182. The maximum Gasteiger partial charge on any atom is 0.354 e. The number of carboxylic acids is 1. The Morgan fingerprint density at radius 1 is 1.31 bits per heavy atom. The van der Waals surface area contributed by atoms with E-state index >= 15 is 0 Å². The number of aromatic nitrogens is 3. The van der Waals surface area contributed by atoms with Crippen molar-refractivity contribution >= 4 is 5.97 Å². The van der Waals surface area contributed by atoms with Crippen LogP contribution in [0.5, 0.6) is 0 Å². The summed E-state index contributed by atoms with van der Waals surface area (Å²) in [6, 6.07) is 7.15. The van der Waals surface area contributed by atoms with Gasteiger partial charge in [-0.2, -0.15) is 5.10 Å². The molecule has 5 nitrogen and oxygen atoms in total. The first-order chi connectivity index (χ1) is 7.77. The minimum absolute atomic E-state index is 0.205. The first-order valence-corrected chi connectivity index (χ1v) is 4.92. The minimum Gasteiger partial charge on any atom is -0.477 e. The maximum atomic E-state index is 10.8. The lowest BCUT2D eigenvalue weighted by Crippen LogP contribution is -2.11. The first-order valence-electron chi connectivity index (χ1n) is 4.92. The van der Waals surface area contributed by atoms with E-state index in [9.17, 15) is 4.79 Å². The van der Waals surface area contributed by atoms with Crippen LogP contribution in [0, 0.1) is 0 Å². The van der Waals surface area contributed by atoms with Crippen molar-refractivity contribution in [3.05, 3.63) is 48.0 Å². The lowest BCUT2D eigenvalue weighted by Gasteiger charge is -2.03. The summed E-state index contributed by atoms with van der Waals surface area (Å²) in [5.41, 5.74) is 1.13. The van der Waals surface area contributed by atoms with Crippen molar-refractivity contribution in [1.82, 2.24) is 14.8 Å². The Kier molecular flexibility index (Phi) is 2.95. The normalized spacial score (nSPS) is 10.2. The lowest BCUT2D eigenvalue weighted by molar-refractivity contribution is 0.0683. The molecule has 5 heteroatoms. The molecule has 16 heavy (non-hydrogen) atoms. The van der Waals surface area contributed by atoms with E-state index in [1.807, 2.05) is 18.2 Å². The number of hydrogen-bond acceptors (Lipinski definition) is 3. The van der Waals surface area contributed by atoms with Gasteiger partial charge < -0.3 is 5.11 Å². The van der Waals surface area contributed by atoms with E-state index in [1.165, 1.54) is 16.9 Å². The van der Waals surface area contributed by atoms with Crippen molar-refractivity contribution < 1.29 is 9.90 Å². The molecule has 0 unspecified atom stereocenters. The maximum absolute atomic E-state index is 10.8. The largest absolute Gasteiger partial charge is 0.477 e. The Morgan fingerprint density at radius 3 is 2.88 bits per heavy atom. The number of pyridine rings is 1. The van der Waals surface area contributed by atoms with Gasteiger partial charge in [0.05, 0.1) is 0 Å². The standard InChI is InChI=1S/C11H11N3O2/c15-11(16)10-4-7-13-14(10)8-5-9-3-1-2-6-12-9/h1-4,6-7H,5,8H2,(H,15,16). The molecule has 0 spiro atoms. The molecule has 0 fully saturated rings. The van der Waals surface area contributed by atoms with Gasteiger partial charge in [0.25, 0.3) is 0 Å². The predicted octanol–water partition coefficient (Wildman–Crippen LogP) is 1.22. The second-order valence-electron chi connectivity index (χ2n) is 3.32. The number of aromatic carboxylic acids is 1. The third kappa shape index (κ3) is 2.25. The topological polar surface area (TPSA) is 68.0 Å². The highest BCUT2D eigenvalue weighted by Crippen LogP contribution is 2.02. The van der Waals surface area contributed by atoms with E-state index in [1.54, 1.807) is 6.20 Å². The van der Waals surface area contributed by atoms with E-state index < -0.39 is 5.97 Å². The van der Waals surface area contributed by atoms with Crippen LogP contribution in [0.2, 0.25) is 0 Å². The predicted molar refractivity (Wildman–Crippen MR) is 57.1 cm³/mol. The summed E-state index contributed by atoms with van der Waals surface area (Å²) in [4.78, 5) is 15.0. The van der Waals surface area contributed by atoms with Gasteiger partial charge in [-0.3, -0.25) is 9.67 Å². The molecule has 0 bridgehead atoms. The number of aryl methyl sites for hydroxylation is 2. The molecule has 2 aromatic heterocycles. The van der Waals surface area contributed by atoms with Crippen molar-refractivity contribution in [2.45, 2.75) is 13.0 Å². The van der Waals surface area contributed by atoms with Gasteiger partial charge in [0.2, 0.25) is 0 Å². The van der Waals surface area contributed by atoms with Crippen LogP contribution in [0.25, 0.3) is 0 Å². The van der Waals surface area contributed by atoms with Gasteiger partial charge in [-0.1, -0.05) is 6.07 Å². The fourth-order valence-electron chi connectivity index (χ4n) is 1.46. The summed E-state index contributed by atoms with van der Waals surface area (Å²) in [6.45, 7) is 0.519. The molecule has 0 saturated carbocycles. The van der Waals surface area contributed by atoms with Crippen molar-refractivity contribution in [3.8, 4) is 0 Å². The molecule has 0 aromatic carbocycles. The monoisotopic (exact) mass is 217 g/mol. The molecule has 2 heterocycles. The third-order valence-electron chi connectivity index (χ3n) is 2.24. The van der Waals surface area contributed by atoms with Crippen LogP contribution in [0.15, 0.2) is 36.7 Å². The van der Waals surface area contributed by atoms with Gasteiger partial charge >= 0.3 is 5.97 Å². The van der Waals surface area contributed by atoms with Crippen LogP contribution in [0.1, 0.15) is 16.2 Å². The number of carboxylic acid groups (broad SMARTS) is 1. The van der Waals surface area contributed by atoms with E-state index in [0.717, 1.165) is 5.69 Å². The molecular formula is C11H11N3O2. The van der Waals surface area contributed by atoms with Crippen LogP contribution < -0.4 is 0 Å². The second kappa shape index (κ2) is 4.57. The molecule has 0 radical (unpaired) electrons. The van der Waals surface area contributed by atoms with Gasteiger partial charge in [-0.15, -0.1) is 0 Å². The first kappa shape index (κ1) is 10.4. The molecule has 0 aliphatic heterocycles. The summed E-state index contributed by atoms with van der Waals surface area (Å²) in [5, 5.41) is 12.8. The van der Waals surface area contributed by atoms with Crippen molar-refractivity contribution in [1.29, 1.82) is 0 Å². The summed E-state index contributed by atoms with van der Waals surface area (Å²) >= 11 is 0. The Hall–Kier alpha value is -2.17. The molecule has 0 aliphatic rings. The Morgan fingerprint density at radius 2 is 2.19 bits per heavy atom. The highest BCUT2D eigenvalue weighted by molar-refractivity contribution is 5.85. The molecule has 0 aliphatic carbocycles. The van der Waals surface area contributed by atoms with Crippen LogP contribution in [0.4, 0.5) is 0 Å². The minimum atomic E-state index is -0.960. The number of rotatable bonds is 4. The van der Waals surface area contributed by atoms with Crippen molar-refractivity contribution in [2.24, 2.45) is 0 Å². The molecular weight excluding hydrogens is 206 g/mol. The van der Waals surface area contributed by atoms with Crippen LogP contribution in [-0.2, 0) is 13.0 Å². The van der Waals surface area contributed by atoms with Gasteiger partial charge in [-0.25, -0.2) is 4.79 Å². The van der Waals surface area contributed by atoms with Gasteiger partial charge in [0, 0.05) is 31.1 Å². The van der Waals surface area contributed by atoms with Gasteiger partial charge in [0.15, 0.2) is 0 Å². The molecule has 0 saturated heterocycles. The number of carbonyl (C=O) groups is 1. The number of hydrogen-bond donors (Lipinski definition) is 1. The number of nitrogens with zero attached hydrogens (tertiary/aromatic N) is 3. The van der Waals surface area contributed by atoms with Crippen LogP contribution >= 0.6 is 0 Å². The summed E-state index contributed by atoms with van der Waals surface area (Å²) in [5.74, 6) is -0.960. The lowest BCUT2D eigenvalue weighted by atomic mass is 10.3. The Balaban J connectivity index is 2.05. The zero-order chi connectivity index (χ0) is 11.4. The van der Waals surface area contributed by atoms with Crippen LogP contribution in [-0.4, -0.2) is 25.8 Å². The SMILES string of the molecule is O=C(O)c1ccnn1CCc1ccccn1. The van der Waals surface area contributed by atoms with Gasteiger partial charge in [-0.05, 0) is 18.2 Å². The zero-order valence-corrected chi connectivity index (χ0v) is 8.58. The van der Waals surface area contributed by atoms with Gasteiger partial charge in [0.1, 0.15) is 5.69 Å². The Labute approximate surface area is 92.4 Å². The smallest absolute Gasteiger partial charge is 0.354 e. The second-order valence-corrected chi connectivity index (χ2v) is 3.32. The summed E-state index contributed by atoms with van der Waals surface area (Å²) < 4.78 is 1.47. The van der Waals surface area contributed by atoms with Crippen molar-refractivity contribution in [2.75, 3.05) is 0 Å². The van der Waals surface area contributed by atoms with E-state index in [2.05, 4.69) is 10.1 Å². The quantitative estimate of drug-likeness (QED) is 0.836. The Bertz CT molecular complexity index is 479. The fourth-order valence-corrected chi connectivity index (χ4v) is 1.46. The molecule has 2 aromatic rings. The summed E-state index contributed by atoms with van der Waals surface area (Å²) in [6.07, 6.45) is 3.88. The highest BCUT2D eigenvalue weighted by Gasteiger charge is 2.09. The average molecular weight is 217 g/mol. The molecule has 0 amide bonds.